The minimum atomic E-state index is -0.886. The maximum atomic E-state index is 11.3. The van der Waals surface area contributed by atoms with Gasteiger partial charge in [-0.1, -0.05) is 23.4 Å². The number of hydrogen-bond donors (Lipinski definition) is 2. The predicted octanol–water partition coefficient (Wildman–Crippen LogP) is 2.88. The molecule has 20 heavy (non-hydrogen) atoms. The van der Waals surface area contributed by atoms with E-state index in [1.807, 2.05) is 24.3 Å². The second-order valence-corrected chi connectivity index (χ2v) is 5.35. The number of carboxylic acids is 1. The maximum absolute atomic E-state index is 11.3. The monoisotopic (exact) mass is 288 g/mol. The van der Waals surface area contributed by atoms with E-state index in [4.69, 9.17) is 4.52 Å². The number of aromatic nitrogens is 1. The van der Waals surface area contributed by atoms with E-state index in [0.29, 0.717) is 18.0 Å². The van der Waals surface area contributed by atoms with Gasteiger partial charge in [-0.05, 0) is 17.0 Å². The molecule has 2 heterocycles. The van der Waals surface area contributed by atoms with Crippen molar-refractivity contribution in [2.75, 3.05) is 0 Å². The molecule has 0 radical (unpaired) electrons. The van der Waals surface area contributed by atoms with Crippen molar-refractivity contribution >= 4 is 27.4 Å². The van der Waals surface area contributed by atoms with E-state index in [0.717, 1.165) is 21.4 Å². The summed E-state index contributed by atoms with van der Waals surface area (Å²) in [6, 6.07) is 9.49. The third kappa shape index (κ3) is 2.43. The van der Waals surface area contributed by atoms with Crippen LogP contribution in [0.15, 0.2) is 41.1 Å². The van der Waals surface area contributed by atoms with Crippen LogP contribution in [0.25, 0.3) is 10.1 Å². The molecule has 0 spiro atoms. The fourth-order valence-electron chi connectivity index (χ4n) is 2.09. The van der Waals surface area contributed by atoms with Crippen molar-refractivity contribution in [3.05, 3.63) is 52.7 Å². The van der Waals surface area contributed by atoms with Gasteiger partial charge in [0.2, 0.25) is 0 Å². The number of nitrogens with one attached hydrogen (secondary N) is 1. The fraction of sp³-hybridized carbons (Fsp3) is 0.143. The fourth-order valence-corrected chi connectivity index (χ4v) is 3.15. The van der Waals surface area contributed by atoms with Crippen LogP contribution in [-0.2, 0) is 13.1 Å². The van der Waals surface area contributed by atoms with Crippen molar-refractivity contribution in [2.45, 2.75) is 13.1 Å². The number of carbonyl (C=O) groups is 1. The van der Waals surface area contributed by atoms with Crippen molar-refractivity contribution in [2.24, 2.45) is 0 Å². The van der Waals surface area contributed by atoms with Gasteiger partial charge < -0.3 is 14.9 Å². The Morgan fingerprint density at radius 3 is 2.90 bits per heavy atom. The Balaban J connectivity index is 1.85. The second kappa shape index (κ2) is 5.44. The average Bonchev–Trinajstić information content (AvgIpc) is 3.07. The molecule has 0 saturated carbocycles. The Morgan fingerprint density at radius 1 is 1.30 bits per heavy atom. The summed E-state index contributed by atoms with van der Waals surface area (Å²) in [7, 11) is 0. The molecular weight excluding hydrogens is 276 g/mol. The molecule has 6 heteroatoms. The maximum Gasteiger partial charge on any atom is 0.346 e. The molecule has 0 aliphatic heterocycles. The Morgan fingerprint density at radius 2 is 2.15 bits per heavy atom. The van der Waals surface area contributed by atoms with Crippen LogP contribution < -0.4 is 5.32 Å². The lowest BCUT2D eigenvalue weighted by atomic mass is 10.1. The number of hydrogen-bond acceptors (Lipinski definition) is 5. The van der Waals surface area contributed by atoms with Crippen molar-refractivity contribution in [1.29, 1.82) is 0 Å². The molecule has 102 valence electrons. The van der Waals surface area contributed by atoms with E-state index in [-0.39, 0.29) is 0 Å². The summed E-state index contributed by atoms with van der Waals surface area (Å²) >= 11 is 1.30. The van der Waals surface area contributed by atoms with Gasteiger partial charge in [0.05, 0.1) is 12.7 Å². The van der Waals surface area contributed by atoms with Crippen LogP contribution in [0.1, 0.15) is 21.0 Å². The van der Waals surface area contributed by atoms with E-state index in [1.165, 1.54) is 11.3 Å². The van der Waals surface area contributed by atoms with Crippen LogP contribution in [-0.4, -0.2) is 16.2 Å². The molecule has 3 rings (SSSR count). The first-order valence-electron chi connectivity index (χ1n) is 6.09. The van der Waals surface area contributed by atoms with Gasteiger partial charge in [0.15, 0.2) is 0 Å². The molecule has 0 aliphatic carbocycles. The highest BCUT2D eigenvalue weighted by molar-refractivity contribution is 7.21. The van der Waals surface area contributed by atoms with Crippen molar-refractivity contribution in [1.82, 2.24) is 10.5 Å². The molecule has 0 aliphatic rings. The number of aromatic carboxylic acids is 1. The van der Waals surface area contributed by atoms with Gasteiger partial charge in [0.1, 0.15) is 10.6 Å². The van der Waals surface area contributed by atoms with Gasteiger partial charge in [-0.2, -0.15) is 0 Å². The van der Waals surface area contributed by atoms with Crippen LogP contribution in [0.2, 0.25) is 0 Å². The molecule has 3 aromatic rings. The molecule has 0 saturated heterocycles. The normalized spacial score (nSPS) is 11.0. The first-order chi connectivity index (χ1) is 9.75. The first kappa shape index (κ1) is 12.8. The Kier molecular flexibility index (Phi) is 3.49. The van der Waals surface area contributed by atoms with Crippen molar-refractivity contribution in [3.8, 4) is 0 Å². The zero-order chi connectivity index (χ0) is 13.9. The average molecular weight is 288 g/mol. The van der Waals surface area contributed by atoms with E-state index in [1.54, 1.807) is 12.3 Å². The SMILES string of the molecule is O=C(O)c1sc2ccccc2c1CNCc1ccno1. The van der Waals surface area contributed by atoms with Gasteiger partial charge in [-0.15, -0.1) is 11.3 Å². The molecule has 1 aromatic carbocycles. The lowest BCUT2D eigenvalue weighted by Crippen LogP contribution is -2.14. The number of nitrogens with zero attached hydrogens (tertiary/aromatic N) is 1. The van der Waals surface area contributed by atoms with Crippen LogP contribution in [0, 0.1) is 0 Å². The molecule has 5 nitrogen and oxygen atoms in total. The summed E-state index contributed by atoms with van der Waals surface area (Å²) in [5.41, 5.74) is 0.817. The van der Waals surface area contributed by atoms with Gasteiger partial charge in [0.25, 0.3) is 0 Å². The Bertz CT molecular complexity index is 734. The topological polar surface area (TPSA) is 75.4 Å². The molecule has 0 amide bonds. The van der Waals surface area contributed by atoms with Gasteiger partial charge in [-0.25, -0.2) is 4.79 Å². The molecule has 0 unspecified atom stereocenters. The number of fused-ring (bicyclic) bond motifs is 1. The lowest BCUT2D eigenvalue weighted by Gasteiger charge is -2.03. The van der Waals surface area contributed by atoms with Crippen LogP contribution >= 0.6 is 11.3 Å². The highest BCUT2D eigenvalue weighted by Gasteiger charge is 2.17. The van der Waals surface area contributed by atoms with Crippen molar-refractivity contribution in [3.63, 3.8) is 0 Å². The standard InChI is InChI=1S/C14H12N2O3S/c17-14(18)13-11(8-15-7-9-5-6-16-19-9)10-3-1-2-4-12(10)20-13/h1-6,15H,7-8H2,(H,17,18). The van der Waals surface area contributed by atoms with Crippen LogP contribution in [0.3, 0.4) is 0 Å². The zero-order valence-corrected chi connectivity index (χ0v) is 11.3. The van der Waals surface area contributed by atoms with Crippen LogP contribution in [0.5, 0.6) is 0 Å². The smallest absolute Gasteiger partial charge is 0.346 e. The summed E-state index contributed by atoms with van der Waals surface area (Å²) in [5, 5.41) is 17.1. The summed E-state index contributed by atoms with van der Waals surface area (Å²) in [5.74, 6) is -0.163. The minimum Gasteiger partial charge on any atom is -0.477 e. The number of carboxylic acid groups (broad SMARTS) is 1. The molecule has 0 atom stereocenters. The van der Waals surface area contributed by atoms with E-state index >= 15 is 0 Å². The Labute approximate surface area is 118 Å². The predicted molar refractivity (Wildman–Crippen MR) is 75.8 cm³/mol. The summed E-state index contributed by atoms with van der Waals surface area (Å²) < 4.78 is 5.98. The molecule has 2 aromatic heterocycles. The van der Waals surface area contributed by atoms with E-state index < -0.39 is 5.97 Å². The minimum absolute atomic E-state index is 0.385. The molecule has 2 N–H and O–H groups in total. The zero-order valence-electron chi connectivity index (χ0n) is 10.5. The summed E-state index contributed by atoms with van der Waals surface area (Å²) in [6.45, 7) is 0.996. The number of benzene rings is 1. The third-order valence-corrected chi connectivity index (χ3v) is 4.19. The van der Waals surface area contributed by atoms with Crippen molar-refractivity contribution < 1.29 is 14.4 Å². The molecule has 0 fully saturated rings. The summed E-state index contributed by atoms with van der Waals surface area (Å²) in [4.78, 5) is 11.7. The largest absolute Gasteiger partial charge is 0.477 e. The quantitative estimate of drug-likeness (QED) is 0.755. The number of thiophene rings is 1. The van der Waals surface area contributed by atoms with Gasteiger partial charge >= 0.3 is 5.97 Å². The third-order valence-electron chi connectivity index (χ3n) is 2.98. The Hall–Kier alpha value is -2.18. The van der Waals surface area contributed by atoms with Gasteiger partial charge in [-0.3, -0.25) is 0 Å². The number of rotatable bonds is 5. The van der Waals surface area contributed by atoms with Gasteiger partial charge in [0, 0.05) is 17.3 Å². The molecule has 0 bridgehead atoms. The summed E-state index contributed by atoms with van der Waals surface area (Å²) in [6.07, 6.45) is 1.58. The van der Waals surface area contributed by atoms with Crippen LogP contribution in [0.4, 0.5) is 0 Å². The highest BCUT2D eigenvalue weighted by Crippen LogP contribution is 2.31. The van der Waals surface area contributed by atoms with E-state index in [9.17, 15) is 9.90 Å². The lowest BCUT2D eigenvalue weighted by molar-refractivity contribution is 0.0701. The molecular formula is C14H12N2O3S. The highest BCUT2D eigenvalue weighted by atomic mass is 32.1. The van der Waals surface area contributed by atoms with E-state index in [2.05, 4.69) is 10.5 Å². The first-order valence-corrected chi connectivity index (χ1v) is 6.91. The second-order valence-electron chi connectivity index (χ2n) is 4.29.